The molecule has 0 fully saturated rings. The fourth-order valence-electron chi connectivity index (χ4n) is 2.60. The van der Waals surface area contributed by atoms with E-state index in [4.69, 9.17) is 0 Å². The van der Waals surface area contributed by atoms with Gasteiger partial charge in [-0.1, -0.05) is 19.9 Å². The van der Waals surface area contributed by atoms with Gasteiger partial charge >= 0.3 is 0 Å². The van der Waals surface area contributed by atoms with Crippen molar-refractivity contribution in [2.75, 3.05) is 26.5 Å². The summed E-state index contributed by atoms with van der Waals surface area (Å²) in [4.78, 5) is 18.4. The summed E-state index contributed by atoms with van der Waals surface area (Å²) in [7, 11) is 1.97. The first-order chi connectivity index (χ1) is 10.3. The summed E-state index contributed by atoms with van der Waals surface area (Å²) in [6.45, 7) is 5.45. The number of aromatic nitrogens is 1. The standard InChI is InChI=1S/C17H24N2O2S/c1-17(2,11-20)10-19(3)9-13-7-12-5-6-14(22-4)8-15(12)18-16(13)21/h5-8,20H,9-11H2,1-4H3,(H,18,21). The summed E-state index contributed by atoms with van der Waals surface area (Å²) < 4.78 is 0. The van der Waals surface area contributed by atoms with E-state index >= 15 is 0 Å². The van der Waals surface area contributed by atoms with E-state index in [0.717, 1.165) is 27.9 Å². The lowest BCUT2D eigenvalue weighted by Crippen LogP contribution is -2.34. The van der Waals surface area contributed by atoms with Gasteiger partial charge in [0.1, 0.15) is 0 Å². The van der Waals surface area contributed by atoms with Crippen LogP contribution in [0.2, 0.25) is 0 Å². The molecule has 5 heteroatoms. The number of benzene rings is 1. The predicted octanol–water partition coefficient (Wildman–Crippen LogP) is 2.70. The maximum atomic E-state index is 12.3. The van der Waals surface area contributed by atoms with Gasteiger partial charge in [0.25, 0.3) is 5.56 Å². The monoisotopic (exact) mass is 320 g/mol. The smallest absolute Gasteiger partial charge is 0.252 e. The number of aliphatic hydroxyl groups excluding tert-OH is 1. The molecule has 2 N–H and O–H groups in total. The van der Waals surface area contributed by atoms with E-state index in [2.05, 4.69) is 16.0 Å². The molecular formula is C17H24N2O2S. The first-order valence-corrected chi connectivity index (χ1v) is 8.56. The second-order valence-corrected chi connectivity index (χ2v) is 7.45. The molecule has 0 saturated heterocycles. The van der Waals surface area contributed by atoms with Crippen molar-refractivity contribution in [3.63, 3.8) is 0 Å². The Morgan fingerprint density at radius 1 is 1.32 bits per heavy atom. The normalized spacial score (nSPS) is 12.3. The van der Waals surface area contributed by atoms with Crippen molar-refractivity contribution in [1.29, 1.82) is 0 Å². The van der Waals surface area contributed by atoms with Crippen molar-refractivity contribution in [2.24, 2.45) is 5.41 Å². The van der Waals surface area contributed by atoms with Crippen molar-refractivity contribution in [3.05, 3.63) is 40.2 Å². The van der Waals surface area contributed by atoms with Crippen LogP contribution in [0.4, 0.5) is 0 Å². The topological polar surface area (TPSA) is 56.3 Å². The summed E-state index contributed by atoms with van der Waals surface area (Å²) in [6.07, 6.45) is 2.02. The van der Waals surface area contributed by atoms with Crippen LogP contribution in [0, 0.1) is 5.41 Å². The van der Waals surface area contributed by atoms with Gasteiger partial charge in [-0.3, -0.25) is 4.79 Å². The third-order valence-corrected chi connectivity index (χ3v) is 4.42. The number of nitrogens with one attached hydrogen (secondary N) is 1. The van der Waals surface area contributed by atoms with Crippen LogP contribution < -0.4 is 5.56 Å². The highest BCUT2D eigenvalue weighted by molar-refractivity contribution is 7.98. The maximum Gasteiger partial charge on any atom is 0.252 e. The van der Waals surface area contributed by atoms with E-state index in [1.165, 1.54) is 0 Å². The SMILES string of the molecule is CSc1ccc2cc(CN(C)CC(C)(C)CO)c(=O)[nH]c2c1. The van der Waals surface area contributed by atoms with E-state index < -0.39 is 0 Å². The molecule has 22 heavy (non-hydrogen) atoms. The quantitative estimate of drug-likeness (QED) is 0.804. The molecule has 2 rings (SSSR count). The first kappa shape index (κ1) is 17.1. The van der Waals surface area contributed by atoms with Gasteiger partial charge in [0.2, 0.25) is 0 Å². The molecule has 0 aliphatic carbocycles. The Bertz CT molecular complexity index is 709. The van der Waals surface area contributed by atoms with Gasteiger partial charge in [0, 0.05) is 41.1 Å². The minimum atomic E-state index is -0.175. The third-order valence-electron chi connectivity index (χ3n) is 3.70. The molecule has 0 saturated carbocycles. The number of H-pyrrole nitrogens is 1. The Labute approximate surface area is 135 Å². The Morgan fingerprint density at radius 3 is 2.68 bits per heavy atom. The highest BCUT2D eigenvalue weighted by Gasteiger charge is 2.19. The molecule has 0 unspecified atom stereocenters. The molecule has 0 aliphatic rings. The van der Waals surface area contributed by atoms with E-state index in [9.17, 15) is 9.90 Å². The number of rotatable bonds is 6. The second kappa shape index (κ2) is 6.86. The largest absolute Gasteiger partial charge is 0.396 e. The summed E-state index contributed by atoms with van der Waals surface area (Å²) in [5.74, 6) is 0. The lowest BCUT2D eigenvalue weighted by atomic mass is 9.94. The van der Waals surface area contributed by atoms with Crippen molar-refractivity contribution >= 4 is 22.7 Å². The predicted molar refractivity (Wildman–Crippen MR) is 93.6 cm³/mol. The van der Waals surface area contributed by atoms with Crippen LogP contribution in [0.25, 0.3) is 10.9 Å². The maximum absolute atomic E-state index is 12.3. The number of pyridine rings is 1. The summed E-state index contributed by atoms with van der Waals surface area (Å²) >= 11 is 1.66. The molecular weight excluding hydrogens is 296 g/mol. The first-order valence-electron chi connectivity index (χ1n) is 7.34. The molecule has 0 amide bonds. The zero-order valence-electron chi connectivity index (χ0n) is 13.6. The van der Waals surface area contributed by atoms with E-state index in [1.807, 2.05) is 45.4 Å². The van der Waals surface area contributed by atoms with Crippen LogP contribution >= 0.6 is 11.8 Å². The van der Waals surface area contributed by atoms with E-state index in [1.54, 1.807) is 11.8 Å². The van der Waals surface area contributed by atoms with Crippen molar-refractivity contribution in [1.82, 2.24) is 9.88 Å². The highest BCUT2D eigenvalue weighted by atomic mass is 32.2. The minimum absolute atomic E-state index is 0.0422. The molecule has 1 aromatic heterocycles. The molecule has 4 nitrogen and oxygen atoms in total. The van der Waals surface area contributed by atoms with Crippen molar-refractivity contribution in [3.8, 4) is 0 Å². The Morgan fingerprint density at radius 2 is 2.05 bits per heavy atom. The molecule has 0 bridgehead atoms. The Hall–Kier alpha value is -1.30. The molecule has 1 aromatic carbocycles. The number of aliphatic hydroxyl groups is 1. The van der Waals surface area contributed by atoms with Crippen molar-refractivity contribution in [2.45, 2.75) is 25.3 Å². The Kier molecular flexibility index (Phi) is 5.32. The average Bonchev–Trinajstić information content (AvgIpc) is 2.47. The fourth-order valence-corrected chi connectivity index (χ4v) is 3.04. The van der Waals surface area contributed by atoms with E-state index in [0.29, 0.717) is 6.54 Å². The second-order valence-electron chi connectivity index (χ2n) is 6.57. The zero-order chi connectivity index (χ0) is 16.3. The van der Waals surface area contributed by atoms with Crippen LogP contribution in [-0.2, 0) is 6.54 Å². The van der Waals surface area contributed by atoms with Crippen LogP contribution in [0.15, 0.2) is 34.0 Å². The zero-order valence-corrected chi connectivity index (χ0v) is 14.5. The van der Waals surface area contributed by atoms with Gasteiger partial charge in [-0.25, -0.2) is 0 Å². The van der Waals surface area contributed by atoms with Crippen molar-refractivity contribution < 1.29 is 5.11 Å². The van der Waals surface area contributed by atoms with Gasteiger partial charge < -0.3 is 15.0 Å². The summed E-state index contributed by atoms with van der Waals surface area (Å²) in [5.41, 5.74) is 1.41. The molecule has 2 aromatic rings. The lowest BCUT2D eigenvalue weighted by Gasteiger charge is -2.28. The fraction of sp³-hybridized carbons (Fsp3) is 0.471. The van der Waals surface area contributed by atoms with Crippen LogP contribution in [-0.4, -0.2) is 41.4 Å². The van der Waals surface area contributed by atoms with Gasteiger partial charge in [-0.15, -0.1) is 11.8 Å². The Balaban J connectivity index is 2.25. The molecule has 120 valence electrons. The molecule has 0 radical (unpaired) electrons. The number of thioether (sulfide) groups is 1. The minimum Gasteiger partial charge on any atom is -0.396 e. The molecule has 0 aliphatic heterocycles. The summed E-state index contributed by atoms with van der Waals surface area (Å²) in [6, 6.07) is 8.07. The number of hydrogen-bond donors (Lipinski definition) is 2. The molecule has 0 atom stereocenters. The van der Waals surface area contributed by atoms with Crippen LogP contribution in [0.3, 0.4) is 0 Å². The number of aromatic amines is 1. The van der Waals surface area contributed by atoms with Crippen LogP contribution in [0.5, 0.6) is 0 Å². The van der Waals surface area contributed by atoms with E-state index in [-0.39, 0.29) is 17.6 Å². The lowest BCUT2D eigenvalue weighted by molar-refractivity contribution is 0.112. The molecule has 1 heterocycles. The van der Waals surface area contributed by atoms with Gasteiger partial charge in [0.05, 0.1) is 0 Å². The molecule has 0 spiro atoms. The average molecular weight is 320 g/mol. The summed E-state index contributed by atoms with van der Waals surface area (Å²) in [5, 5.41) is 10.4. The number of fused-ring (bicyclic) bond motifs is 1. The van der Waals surface area contributed by atoms with Gasteiger partial charge in [-0.2, -0.15) is 0 Å². The van der Waals surface area contributed by atoms with Crippen LogP contribution in [0.1, 0.15) is 19.4 Å². The third kappa shape index (κ3) is 4.12. The highest BCUT2D eigenvalue weighted by Crippen LogP contribution is 2.21. The number of hydrogen-bond acceptors (Lipinski definition) is 4. The van der Waals surface area contributed by atoms with Gasteiger partial charge in [0.15, 0.2) is 0 Å². The number of nitrogens with zero attached hydrogens (tertiary/aromatic N) is 1. The van der Waals surface area contributed by atoms with Gasteiger partial charge in [-0.05, 0) is 36.9 Å².